The summed E-state index contributed by atoms with van der Waals surface area (Å²) in [4.78, 5) is 5.41. The second kappa shape index (κ2) is 28.9. The number of unbranched alkanes of at least 4 members (excludes halogenated alkanes) is 25. The molecule has 0 radical (unpaired) electrons. The molecule has 1 unspecified atom stereocenters. The van der Waals surface area contributed by atoms with Gasteiger partial charge in [0.1, 0.15) is 6.17 Å². The van der Waals surface area contributed by atoms with Crippen molar-refractivity contribution < 1.29 is 0 Å². The summed E-state index contributed by atoms with van der Waals surface area (Å²) in [5.74, 6) is 0. The van der Waals surface area contributed by atoms with E-state index >= 15 is 0 Å². The van der Waals surface area contributed by atoms with Crippen molar-refractivity contribution in [3.63, 3.8) is 0 Å². The van der Waals surface area contributed by atoms with E-state index in [0.717, 1.165) is 0 Å². The summed E-state index contributed by atoms with van der Waals surface area (Å²) >= 11 is 0. The summed E-state index contributed by atoms with van der Waals surface area (Å²) in [6, 6.07) is 0. The predicted octanol–water partition coefficient (Wildman–Crippen LogP) is 12.8. The second-order valence-electron chi connectivity index (χ2n) is 12.9. The molecule has 0 aromatic carbocycles. The van der Waals surface area contributed by atoms with E-state index in [1.807, 2.05) is 0 Å². The van der Waals surface area contributed by atoms with Crippen molar-refractivity contribution >= 4 is 0 Å². The monoisotopic (exact) mass is 547 g/mol. The molecule has 1 heterocycles. The molecular formula is C37H74N2. The minimum Gasteiger partial charge on any atom is -0.356 e. The molecule has 0 aromatic heterocycles. The first-order chi connectivity index (χ1) is 19.3. The molecule has 0 fully saturated rings. The molecule has 0 bridgehead atoms. The minimum atomic E-state index is 0.641. The molecule has 0 spiro atoms. The zero-order valence-corrected chi connectivity index (χ0v) is 27.5. The van der Waals surface area contributed by atoms with E-state index in [9.17, 15) is 0 Å². The number of hydrogen-bond donors (Lipinski definition) is 0. The van der Waals surface area contributed by atoms with Gasteiger partial charge in [-0.15, -0.1) is 0 Å². The quantitative estimate of drug-likeness (QED) is 0.0798. The van der Waals surface area contributed by atoms with Gasteiger partial charge in [-0.2, -0.15) is 0 Å². The average Bonchev–Trinajstić information content (AvgIpc) is 3.33. The van der Waals surface area contributed by atoms with Crippen LogP contribution in [-0.4, -0.2) is 29.1 Å². The first-order valence-electron chi connectivity index (χ1n) is 18.5. The van der Waals surface area contributed by atoms with E-state index in [-0.39, 0.29) is 0 Å². The van der Waals surface area contributed by atoms with Crippen LogP contribution in [-0.2, 0) is 0 Å². The van der Waals surface area contributed by atoms with Gasteiger partial charge in [-0.3, -0.25) is 0 Å². The van der Waals surface area contributed by atoms with Gasteiger partial charge in [-0.05, 0) is 25.7 Å². The van der Waals surface area contributed by atoms with Crippen LogP contribution in [0.4, 0.5) is 0 Å². The fourth-order valence-corrected chi connectivity index (χ4v) is 6.36. The van der Waals surface area contributed by atoms with Crippen molar-refractivity contribution in [3.8, 4) is 0 Å². The maximum Gasteiger partial charge on any atom is 0.101 e. The van der Waals surface area contributed by atoms with E-state index in [0.29, 0.717) is 6.17 Å². The highest BCUT2D eigenvalue weighted by molar-refractivity contribution is 4.97. The normalized spacial score (nSPS) is 15.2. The Labute approximate surface area is 248 Å². The van der Waals surface area contributed by atoms with Gasteiger partial charge in [-0.1, -0.05) is 181 Å². The van der Waals surface area contributed by atoms with Crippen molar-refractivity contribution in [2.75, 3.05) is 13.1 Å². The summed E-state index contributed by atoms with van der Waals surface area (Å²) in [7, 11) is 0. The SMILES string of the molecule is CCCCCCCCCCCCCCN1C=CN(CCCCCCCCCCCC)C1CCCCCCCC. The van der Waals surface area contributed by atoms with Gasteiger partial charge in [0.05, 0.1) is 0 Å². The molecule has 0 aromatic rings. The maximum absolute atomic E-state index is 2.71. The van der Waals surface area contributed by atoms with Crippen LogP contribution in [0, 0.1) is 0 Å². The first-order valence-corrected chi connectivity index (χ1v) is 18.5. The van der Waals surface area contributed by atoms with Crippen LogP contribution in [0.2, 0.25) is 0 Å². The van der Waals surface area contributed by atoms with Crippen LogP contribution in [0.15, 0.2) is 12.4 Å². The van der Waals surface area contributed by atoms with E-state index in [4.69, 9.17) is 0 Å². The lowest BCUT2D eigenvalue weighted by atomic mass is 10.0. The molecule has 0 N–H and O–H groups in total. The Morgan fingerprint density at radius 1 is 0.333 bits per heavy atom. The first kappa shape index (κ1) is 36.4. The topological polar surface area (TPSA) is 6.48 Å². The summed E-state index contributed by atoms with van der Waals surface area (Å²) < 4.78 is 0. The molecule has 0 saturated carbocycles. The molecule has 1 atom stereocenters. The standard InChI is InChI=1S/C37H74N2/c1-4-7-10-13-16-18-20-21-23-25-28-31-34-39-36-35-38(37(39)32-29-26-15-12-9-6-3)33-30-27-24-22-19-17-14-11-8-5-2/h35-37H,4-34H2,1-3H3. The van der Waals surface area contributed by atoms with Crippen LogP contribution in [0.25, 0.3) is 0 Å². The van der Waals surface area contributed by atoms with Gasteiger partial charge in [0.25, 0.3) is 0 Å². The van der Waals surface area contributed by atoms with Gasteiger partial charge in [0, 0.05) is 25.5 Å². The number of hydrogen-bond acceptors (Lipinski definition) is 2. The van der Waals surface area contributed by atoms with Crippen LogP contribution in [0.3, 0.4) is 0 Å². The zero-order chi connectivity index (χ0) is 28.1. The third kappa shape index (κ3) is 21.7. The summed E-state index contributed by atoms with van der Waals surface area (Å²) in [6.07, 6.45) is 46.9. The Balaban J connectivity index is 2.19. The number of rotatable bonds is 31. The molecule has 39 heavy (non-hydrogen) atoms. The summed E-state index contributed by atoms with van der Waals surface area (Å²) in [6.45, 7) is 9.48. The van der Waals surface area contributed by atoms with Gasteiger partial charge < -0.3 is 9.80 Å². The van der Waals surface area contributed by atoms with Crippen molar-refractivity contribution in [3.05, 3.63) is 12.4 Å². The Morgan fingerprint density at radius 2 is 0.590 bits per heavy atom. The molecule has 1 aliphatic heterocycles. The molecule has 0 amide bonds. The molecule has 1 aliphatic rings. The Morgan fingerprint density at radius 3 is 0.897 bits per heavy atom. The Bertz CT molecular complexity index is 502. The third-order valence-corrected chi connectivity index (χ3v) is 9.07. The average molecular weight is 547 g/mol. The lowest BCUT2D eigenvalue weighted by molar-refractivity contribution is 0.135. The molecule has 0 aliphatic carbocycles. The molecule has 0 saturated heterocycles. The summed E-state index contributed by atoms with van der Waals surface area (Å²) in [5, 5.41) is 0. The third-order valence-electron chi connectivity index (χ3n) is 9.07. The van der Waals surface area contributed by atoms with Crippen molar-refractivity contribution in [1.82, 2.24) is 9.80 Å². The molecule has 2 heteroatoms. The largest absolute Gasteiger partial charge is 0.356 e. The van der Waals surface area contributed by atoms with Crippen molar-refractivity contribution in [2.24, 2.45) is 0 Å². The van der Waals surface area contributed by atoms with Crippen LogP contribution in [0.1, 0.15) is 207 Å². The Kier molecular flexibility index (Phi) is 26.9. The highest BCUT2D eigenvalue weighted by Crippen LogP contribution is 2.24. The van der Waals surface area contributed by atoms with Crippen LogP contribution < -0.4 is 0 Å². The lowest BCUT2D eigenvalue weighted by Crippen LogP contribution is -2.39. The van der Waals surface area contributed by atoms with Gasteiger partial charge in [-0.25, -0.2) is 0 Å². The van der Waals surface area contributed by atoms with Gasteiger partial charge >= 0.3 is 0 Å². The minimum absolute atomic E-state index is 0.641. The smallest absolute Gasteiger partial charge is 0.101 e. The second-order valence-corrected chi connectivity index (χ2v) is 12.9. The highest BCUT2D eigenvalue weighted by atomic mass is 15.4. The molecule has 2 nitrogen and oxygen atoms in total. The highest BCUT2D eigenvalue weighted by Gasteiger charge is 2.24. The van der Waals surface area contributed by atoms with Crippen LogP contribution >= 0.6 is 0 Å². The Hall–Kier alpha value is -0.660. The van der Waals surface area contributed by atoms with Gasteiger partial charge in [0.2, 0.25) is 0 Å². The fourth-order valence-electron chi connectivity index (χ4n) is 6.36. The molecule has 1 rings (SSSR count). The van der Waals surface area contributed by atoms with Crippen LogP contribution in [0.5, 0.6) is 0 Å². The number of nitrogens with zero attached hydrogens (tertiary/aromatic N) is 2. The van der Waals surface area contributed by atoms with E-state index in [1.54, 1.807) is 0 Å². The van der Waals surface area contributed by atoms with Gasteiger partial charge in [0.15, 0.2) is 0 Å². The van der Waals surface area contributed by atoms with E-state index < -0.39 is 0 Å². The van der Waals surface area contributed by atoms with Crippen molar-refractivity contribution in [1.29, 1.82) is 0 Å². The molecule has 232 valence electrons. The predicted molar refractivity (Wildman–Crippen MR) is 177 cm³/mol. The van der Waals surface area contributed by atoms with E-state index in [2.05, 4.69) is 43.0 Å². The molecular weight excluding hydrogens is 472 g/mol. The fraction of sp³-hybridized carbons (Fsp3) is 0.946. The summed E-state index contributed by atoms with van der Waals surface area (Å²) in [5.41, 5.74) is 0. The van der Waals surface area contributed by atoms with Crippen molar-refractivity contribution in [2.45, 2.75) is 213 Å². The van der Waals surface area contributed by atoms with E-state index in [1.165, 1.54) is 199 Å². The zero-order valence-electron chi connectivity index (χ0n) is 27.5. The lowest BCUT2D eigenvalue weighted by Gasteiger charge is -2.33. The maximum atomic E-state index is 2.71.